The van der Waals surface area contributed by atoms with Crippen molar-refractivity contribution in [3.63, 3.8) is 0 Å². The lowest BCUT2D eigenvalue weighted by atomic mass is 10.0. The van der Waals surface area contributed by atoms with Crippen LogP contribution in [0.1, 0.15) is 22.3 Å². The summed E-state index contributed by atoms with van der Waals surface area (Å²) < 4.78 is 0. The SMILES string of the molecule is Cc1ccc(CC2NNC(Nc3c(C)cccc3C)NC2=O)cc1. The van der Waals surface area contributed by atoms with E-state index in [2.05, 4.69) is 52.7 Å². The molecular formula is C19H24N4O. The Morgan fingerprint density at radius 1 is 0.958 bits per heavy atom. The van der Waals surface area contributed by atoms with Gasteiger partial charge in [-0.15, -0.1) is 0 Å². The van der Waals surface area contributed by atoms with Crippen molar-refractivity contribution in [1.82, 2.24) is 16.2 Å². The molecule has 2 aromatic rings. The lowest BCUT2D eigenvalue weighted by molar-refractivity contribution is -0.126. The van der Waals surface area contributed by atoms with Crippen molar-refractivity contribution in [2.45, 2.75) is 39.5 Å². The van der Waals surface area contributed by atoms with Crippen molar-refractivity contribution in [3.05, 3.63) is 64.7 Å². The number of anilines is 1. The maximum absolute atomic E-state index is 12.4. The second-order valence-electron chi connectivity index (χ2n) is 6.38. The van der Waals surface area contributed by atoms with Crippen molar-refractivity contribution in [2.75, 3.05) is 5.32 Å². The number of benzene rings is 2. The number of hydrazine groups is 1. The van der Waals surface area contributed by atoms with Gasteiger partial charge < -0.3 is 10.6 Å². The molecule has 1 fully saturated rings. The quantitative estimate of drug-likeness (QED) is 0.696. The van der Waals surface area contributed by atoms with Crippen LogP contribution in [0.25, 0.3) is 0 Å². The zero-order chi connectivity index (χ0) is 17.1. The normalized spacial score (nSPS) is 20.5. The van der Waals surface area contributed by atoms with E-state index in [0.29, 0.717) is 6.42 Å². The van der Waals surface area contributed by atoms with Crippen LogP contribution in [0.3, 0.4) is 0 Å². The zero-order valence-corrected chi connectivity index (χ0v) is 14.3. The van der Waals surface area contributed by atoms with Gasteiger partial charge in [0.1, 0.15) is 6.04 Å². The van der Waals surface area contributed by atoms with E-state index in [1.165, 1.54) is 5.56 Å². The Hall–Kier alpha value is -2.37. The zero-order valence-electron chi connectivity index (χ0n) is 14.3. The molecule has 5 heteroatoms. The predicted octanol–water partition coefficient (Wildman–Crippen LogP) is 2.14. The molecule has 0 aromatic heterocycles. The number of aryl methyl sites for hydroxylation is 3. The largest absolute Gasteiger partial charge is 0.352 e. The summed E-state index contributed by atoms with van der Waals surface area (Å²) in [5.74, 6) is -0.0157. The minimum absolute atomic E-state index is 0.0157. The van der Waals surface area contributed by atoms with Crippen LogP contribution in [0, 0.1) is 20.8 Å². The molecule has 2 unspecified atom stereocenters. The average molecular weight is 324 g/mol. The van der Waals surface area contributed by atoms with E-state index in [1.54, 1.807) is 0 Å². The van der Waals surface area contributed by atoms with Gasteiger partial charge >= 0.3 is 0 Å². The number of amides is 1. The van der Waals surface area contributed by atoms with Crippen molar-refractivity contribution in [2.24, 2.45) is 0 Å². The lowest BCUT2D eigenvalue weighted by Gasteiger charge is -2.33. The number of carbonyl (C=O) groups excluding carboxylic acids is 1. The van der Waals surface area contributed by atoms with Gasteiger partial charge in [0.15, 0.2) is 6.29 Å². The molecule has 126 valence electrons. The Morgan fingerprint density at radius 3 is 2.25 bits per heavy atom. The van der Waals surface area contributed by atoms with Crippen LogP contribution < -0.4 is 21.5 Å². The van der Waals surface area contributed by atoms with Crippen LogP contribution in [0.5, 0.6) is 0 Å². The maximum Gasteiger partial charge on any atom is 0.241 e. The first-order chi connectivity index (χ1) is 11.5. The molecule has 0 radical (unpaired) electrons. The van der Waals surface area contributed by atoms with Gasteiger partial charge in [-0.2, -0.15) is 0 Å². The number of rotatable bonds is 4. The smallest absolute Gasteiger partial charge is 0.241 e. The number of hydrogen-bond acceptors (Lipinski definition) is 4. The highest BCUT2D eigenvalue weighted by Crippen LogP contribution is 2.20. The van der Waals surface area contributed by atoms with E-state index in [1.807, 2.05) is 32.0 Å². The van der Waals surface area contributed by atoms with E-state index < -0.39 is 0 Å². The second kappa shape index (κ2) is 7.03. The van der Waals surface area contributed by atoms with Gasteiger partial charge in [0, 0.05) is 5.69 Å². The van der Waals surface area contributed by atoms with E-state index in [9.17, 15) is 4.79 Å². The van der Waals surface area contributed by atoms with Gasteiger partial charge in [0.2, 0.25) is 5.91 Å². The Labute approximate surface area is 142 Å². The molecule has 4 N–H and O–H groups in total. The van der Waals surface area contributed by atoms with E-state index >= 15 is 0 Å². The maximum atomic E-state index is 12.4. The van der Waals surface area contributed by atoms with E-state index in [4.69, 9.17) is 0 Å². The molecule has 5 nitrogen and oxygen atoms in total. The third-order valence-corrected chi connectivity index (χ3v) is 4.34. The lowest BCUT2D eigenvalue weighted by Crippen LogP contribution is -2.68. The van der Waals surface area contributed by atoms with Crippen LogP contribution in [0.15, 0.2) is 42.5 Å². The molecule has 1 aliphatic heterocycles. The number of carbonyl (C=O) groups is 1. The molecule has 1 heterocycles. The highest BCUT2D eigenvalue weighted by atomic mass is 16.2. The molecule has 0 aliphatic carbocycles. The molecule has 3 rings (SSSR count). The van der Waals surface area contributed by atoms with Crippen LogP contribution in [-0.2, 0) is 11.2 Å². The first kappa shape index (κ1) is 16.5. The molecule has 2 atom stereocenters. The molecule has 1 aliphatic rings. The fourth-order valence-corrected chi connectivity index (χ4v) is 2.89. The van der Waals surface area contributed by atoms with E-state index in [-0.39, 0.29) is 18.2 Å². The number of para-hydroxylation sites is 1. The third kappa shape index (κ3) is 3.75. The minimum Gasteiger partial charge on any atom is -0.352 e. The summed E-state index contributed by atoms with van der Waals surface area (Å²) in [6.07, 6.45) is 0.307. The molecule has 0 bridgehead atoms. The van der Waals surface area contributed by atoms with Gasteiger partial charge in [0.25, 0.3) is 0 Å². The van der Waals surface area contributed by atoms with Gasteiger partial charge in [-0.25, -0.2) is 10.9 Å². The Kier molecular flexibility index (Phi) is 4.83. The van der Waals surface area contributed by atoms with Crippen molar-refractivity contribution >= 4 is 11.6 Å². The summed E-state index contributed by atoms with van der Waals surface area (Å²) in [6, 6.07) is 14.1. The molecule has 1 saturated heterocycles. The van der Waals surface area contributed by atoms with Crippen molar-refractivity contribution in [1.29, 1.82) is 0 Å². The van der Waals surface area contributed by atoms with Gasteiger partial charge in [-0.1, -0.05) is 48.0 Å². The van der Waals surface area contributed by atoms with Gasteiger partial charge in [-0.05, 0) is 43.9 Å². The summed E-state index contributed by atoms with van der Waals surface area (Å²) in [4.78, 5) is 12.4. The number of nitrogens with one attached hydrogen (secondary N) is 4. The van der Waals surface area contributed by atoms with Crippen LogP contribution in [0.2, 0.25) is 0 Å². The van der Waals surface area contributed by atoms with Gasteiger partial charge in [0.05, 0.1) is 0 Å². The summed E-state index contributed by atoms with van der Waals surface area (Å²) in [5.41, 5.74) is 11.9. The molecule has 24 heavy (non-hydrogen) atoms. The van der Waals surface area contributed by atoms with Crippen LogP contribution in [-0.4, -0.2) is 18.2 Å². The second-order valence-corrected chi connectivity index (χ2v) is 6.38. The summed E-state index contributed by atoms with van der Waals surface area (Å²) in [6.45, 7) is 6.15. The molecular weight excluding hydrogens is 300 g/mol. The Balaban J connectivity index is 1.61. The number of hydrogen-bond donors (Lipinski definition) is 4. The first-order valence-electron chi connectivity index (χ1n) is 8.22. The Morgan fingerprint density at radius 2 is 1.62 bits per heavy atom. The predicted molar refractivity (Wildman–Crippen MR) is 96.4 cm³/mol. The molecule has 0 saturated carbocycles. The topological polar surface area (TPSA) is 65.2 Å². The summed E-state index contributed by atoms with van der Waals surface area (Å²) >= 11 is 0. The Bertz CT molecular complexity index is 706. The van der Waals surface area contributed by atoms with E-state index in [0.717, 1.165) is 22.4 Å². The van der Waals surface area contributed by atoms with Crippen molar-refractivity contribution < 1.29 is 4.79 Å². The van der Waals surface area contributed by atoms with Gasteiger partial charge in [-0.3, -0.25) is 4.79 Å². The van der Waals surface area contributed by atoms with Crippen LogP contribution in [0.4, 0.5) is 5.69 Å². The highest BCUT2D eigenvalue weighted by molar-refractivity contribution is 5.83. The molecule has 0 spiro atoms. The molecule has 2 aromatic carbocycles. The molecule has 1 amide bonds. The first-order valence-corrected chi connectivity index (χ1v) is 8.22. The summed E-state index contributed by atoms with van der Waals surface area (Å²) in [5, 5.41) is 6.31. The highest BCUT2D eigenvalue weighted by Gasteiger charge is 2.27. The standard InChI is InChI=1S/C19H24N4O/c1-12-7-9-15(10-8-12)11-16-18(24)21-19(23-22-16)20-17-13(2)5-4-6-14(17)3/h4-10,16,19-20,22-23H,11H2,1-3H3,(H,21,24). The average Bonchev–Trinajstić information content (AvgIpc) is 2.55. The monoisotopic (exact) mass is 324 g/mol. The third-order valence-electron chi connectivity index (χ3n) is 4.34. The minimum atomic E-state index is -0.341. The summed E-state index contributed by atoms with van der Waals surface area (Å²) in [7, 11) is 0. The fraction of sp³-hybridized carbons (Fsp3) is 0.316. The van der Waals surface area contributed by atoms with Crippen LogP contribution >= 0.6 is 0 Å². The fourth-order valence-electron chi connectivity index (χ4n) is 2.89. The van der Waals surface area contributed by atoms with Crippen molar-refractivity contribution in [3.8, 4) is 0 Å².